The Morgan fingerprint density at radius 3 is 2.47 bits per heavy atom. The number of aryl methyl sites for hydroxylation is 1. The van der Waals surface area contributed by atoms with E-state index in [-0.39, 0.29) is 0 Å². The van der Waals surface area contributed by atoms with Crippen LogP contribution in [0.15, 0.2) is 47.2 Å². The molecule has 0 aliphatic rings. The monoisotopic (exact) mass is 313 g/mol. The van der Waals surface area contributed by atoms with Gasteiger partial charge in [0.1, 0.15) is 6.07 Å². The molecule has 0 fully saturated rings. The van der Waals surface area contributed by atoms with Crippen LogP contribution in [-0.4, -0.2) is 4.98 Å². The molecule has 1 aromatic carbocycles. The van der Waals surface area contributed by atoms with Crippen LogP contribution in [0, 0.1) is 18.3 Å². The minimum Gasteiger partial charge on any atom is -0.397 e. The molecule has 0 saturated carbocycles. The molecule has 94 valence electrons. The van der Waals surface area contributed by atoms with E-state index in [9.17, 15) is 5.26 Å². The Kier molecular flexibility index (Phi) is 3.98. The van der Waals surface area contributed by atoms with Gasteiger partial charge in [0, 0.05) is 16.9 Å². The van der Waals surface area contributed by atoms with Gasteiger partial charge in [-0.15, -0.1) is 0 Å². The average Bonchev–Trinajstić information content (AvgIpc) is 2.44. The van der Waals surface area contributed by atoms with Crippen molar-refractivity contribution in [1.82, 2.24) is 4.98 Å². The summed E-state index contributed by atoms with van der Waals surface area (Å²) in [5.41, 5.74) is 9.76. The lowest BCUT2D eigenvalue weighted by Crippen LogP contribution is -2.01. The van der Waals surface area contributed by atoms with Crippen LogP contribution in [0.25, 0.3) is 11.3 Å². The van der Waals surface area contributed by atoms with Crippen LogP contribution in [0.5, 0.6) is 0 Å². The van der Waals surface area contributed by atoms with Gasteiger partial charge < -0.3 is 5.73 Å². The SMILES string of the molecule is Cc1ccc(/C(N)=C(/C#N)c2ccncc2)cc1Br. The molecule has 0 aliphatic heterocycles. The number of rotatable bonds is 2. The van der Waals surface area contributed by atoms with E-state index in [1.54, 1.807) is 24.5 Å². The maximum Gasteiger partial charge on any atom is 0.102 e. The number of aromatic nitrogens is 1. The van der Waals surface area contributed by atoms with Crippen molar-refractivity contribution in [1.29, 1.82) is 5.26 Å². The highest BCUT2D eigenvalue weighted by atomic mass is 79.9. The lowest BCUT2D eigenvalue weighted by molar-refractivity contribution is 1.31. The molecule has 1 aromatic heterocycles. The van der Waals surface area contributed by atoms with Crippen LogP contribution in [-0.2, 0) is 0 Å². The van der Waals surface area contributed by atoms with Gasteiger partial charge in [-0.1, -0.05) is 28.1 Å². The maximum absolute atomic E-state index is 9.32. The molecule has 0 amide bonds. The van der Waals surface area contributed by atoms with Gasteiger partial charge in [-0.25, -0.2) is 0 Å². The third-order valence-corrected chi connectivity index (χ3v) is 3.69. The summed E-state index contributed by atoms with van der Waals surface area (Å²) >= 11 is 3.47. The Labute approximate surface area is 120 Å². The molecule has 0 spiro atoms. The minimum atomic E-state index is 0.457. The Bertz CT molecular complexity index is 670. The third kappa shape index (κ3) is 2.83. The number of allylic oxidation sites excluding steroid dienone is 1. The zero-order chi connectivity index (χ0) is 13.8. The van der Waals surface area contributed by atoms with Gasteiger partial charge in [0.2, 0.25) is 0 Å². The number of nitriles is 1. The van der Waals surface area contributed by atoms with Crippen molar-refractivity contribution in [2.75, 3.05) is 0 Å². The molecular weight excluding hydrogens is 302 g/mol. The molecule has 4 heteroatoms. The molecule has 2 aromatic rings. The highest BCUT2D eigenvalue weighted by Gasteiger charge is 2.09. The summed E-state index contributed by atoms with van der Waals surface area (Å²) in [6.45, 7) is 2.00. The van der Waals surface area contributed by atoms with Gasteiger partial charge in [0.05, 0.1) is 11.3 Å². The lowest BCUT2D eigenvalue weighted by atomic mass is 10.0. The van der Waals surface area contributed by atoms with Crippen LogP contribution >= 0.6 is 15.9 Å². The molecule has 0 radical (unpaired) electrons. The van der Waals surface area contributed by atoms with E-state index < -0.39 is 0 Å². The zero-order valence-corrected chi connectivity index (χ0v) is 12.0. The van der Waals surface area contributed by atoms with E-state index in [1.165, 1.54) is 0 Å². The molecule has 2 N–H and O–H groups in total. The third-order valence-electron chi connectivity index (χ3n) is 2.83. The number of nitrogens with two attached hydrogens (primary N) is 1. The summed E-state index contributed by atoms with van der Waals surface area (Å²) in [6, 6.07) is 11.5. The van der Waals surface area contributed by atoms with E-state index in [0.717, 1.165) is 21.2 Å². The predicted molar refractivity (Wildman–Crippen MR) is 79.7 cm³/mol. The van der Waals surface area contributed by atoms with Crippen molar-refractivity contribution in [3.63, 3.8) is 0 Å². The maximum atomic E-state index is 9.32. The van der Waals surface area contributed by atoms with Gasteiger partial charge in [-0.2, -0.15) is 5.26 Å². The summed E-state index contributed by atoms with van der Waals surface area (Å²) < 4.78 is 0.972. The zero-order valence-electron chi connectivity index (χ0n) is 10.4. The van der Waals surface area contributed by atoms with Crippen LogP contribution < -0.4 is 5.73 Å². The average molecular weight is 314 g/mol. The fraction of sp³-hybridized carbons (Fsp3) is 0.0667. The molecule has 3 nitrogen and oxygen atoms in total. The van der Waals surface area contributed by atoms with Crippen molar-refractivity contribution in [3.8, 4) is 6.07 Å². The second kappa shape index (κ2) is 5.68. The topological polar surface area (TPSA) is 62.7 Å². The standard InChI is InChI=1S/C15H12BrN3/c1-10-2-3-12(8-14(10)16)15(18)13(9-17)11-4-6-19-7-5-11/h2-8H,18H2,1H3/b15-13+. The van der Waals surface area contributed by atoms with Crippen molar-refractivity contribution in [3.05, 3.63) is 63.9 Å². The number of hydrogen-bond acceptors (Lipinski definition) is 3. The Balaban J connectivity index is 2.56. The minimum absolute atomic E-state index is 0.457. The van der Waals surface area contributed by atoms with E-state index in [1.807, 2.05) is 25.1 Å². The lowest BCUT2D eigenvalue weighted by Gasteiger charge is -2.08. The first-order valence-electron chi connectivity index (χ1n) is 5.70. The fourth-order valence-electron chi connectivity index (χ4n) is 1.70. The van der Waals surface area contributed by atoms with Crippen molar-refractivity contribution in [2.24, 2.45) is 5.73 Å². The summed E-state index contributed by atoms with van der Waals surface area (Å²) in [4.78, 5) is 3.94. The molecule has 19 heavy (non-hydrogen) atoms. The van der Waals surface area contributed by atoms with Crippen LogP contribution in [0.1, 0.15) is 16.7 Å². The molecule has 0 saturated heterocycles. The number of halogens is 1. The predicted octanol–water partition coefficient (Wildman–Crippen LogP) is 3.50. The van der Waals surface area contributed by atoms with Crippen molar-refractivity contribution < 1.29 is 0 Å². The first-order valence-corrected chi connectivity index (χ1v) is 6.49. The quantitative estimate of drug-likeness (QED) is 0.863. The van der Waals surface area contributed by atoms with E-state index >= 15 is 0 Å². The molecule has 0 unspecified atom stereocenters. The molecule has 0 bridgehead atoms. The van der Waals surface area contributed by atoms with E-state index in [2.05, 4.69) is 27.0 Å². The number of hydrogen-bond donors (Lipinski definition) is 1. The van der Waals surface area contributed by atoms with Gasteiger partial charge >= 0.3 is 0 Å². The van der Waals surface area contributed by atoms with Gasteiger partial charge in [0.25, 0.3) is 0 Å². The molecule has 2 rings (SSSR count). The summed E-state index contributed by atoms with van der Waals surface area (Å²) in [5.74, 6) is 0. The summed E-state index contributed by atoms with van der Waals surface area (Å²) in [7, 11) is 0. The van der Waals surface area contributed by atoms with Crippen LogP contribution in [0.4, 0.5) is 0 Å². The van der Waals surface area contributed by atoms with Gasteiger partial charge in [-0.05, 0) is 41.8 Å². The highest BCUT2D eigenvalue weighted by Crippen LogP contribution is 2.25. The normalized spacial score (nSPS) is 11.6. The Hall–Kier alpha value is -2.12. The first kappa shape index (κ1) is 13.3. The van der Waals surface area contributed by atoms with E-state index in [4.69, 9.17) is 5.73 Å². The highest BCUT2D eigenvalue weighted by molar-refractivity contribution is 9.10. The largest absolute Gasteiger partial charge is 0.397 e. The van der Waals surface area contributed by atoms with Crippen LogP contribution in [0.2, 0.25) is 0 Å². The van der Waals surface area contributed by atoms with Crippen LogP contribution in [0.3, 0.4) is 0 Å². The van der Waals surface area contributed by atoms with Crippen molar-refractivity contribution >= 4 is 27.2 Å². The fourth-order valence-corrected chi connectivity index (χ4v) is 2.08. The molecule has 0 atom stereocenters. The van der Waals surface area contributed by atoms with Gasteiger partial charge in [0.15, 0.2) is 0 Å². The number of pyridine rings is 1. The van der Waals surface area contributed by atoms with E-state index in [0.29, 0.717) is 11.3 Å². The molecule has 1 heterocycles. The summed E-state index contributed by atoms with van der Waals surface area (Å²) in [5, 5.41) is 9.32. The van der Waals surface area contributed by atoms with Crippen molar-refractivity contribution in [2.45, 2.75) is 6.92 Å². The number of benzene rings is 1. The summed E-state index contributed by atoms with van der Waals surface area (Å²) in [6.07, 6.45) is 3.29. The Morgan fingerprint density at radius 2 is 1.89 bits per heavy atom. The smallest absolute Gasteiger partial charge is 0.102 e. The van der Waals surface area contributed by atoms with Gasteiger partial charge in [-0.3, -0.25) is 4.98 Å². The second-order valence-electron chi connectivity index (χ2n) is 4.10. The molecule has 0 aliphatic carbocycles. The first-order chi connectivity index (χ1) is 9.13. The molecular formula is C15H12BrN3. The number of nitrogens with zero attached hydrogens (tertiary/aromatic N) is 2. The Morgan fingerprint density at radius 1 is 1.21 bits per heavy atom. The second-order valence-corrected chi connectivity index (χ2v) is 4.95.